The molecule has 1 saturated carbocycles. The summed E-state index contributed by atoms with van der Waals surface area (Å²) in [7, 11) is 3.72. The first-order chi connectivity index (χ1) is 14.5. The molecule has 2 aromatic heterocycles. The van der Waals surface area contributed by atoms with E-state index >= 15 is 0 Å². The van der Waals surface area contributed by atoms with Crippen LogP contribution in [-0.2, 0) is 13.5 Å². The Morgan fingerprint density at radius 1 is 1.23 bits per heavy atom. The van der Waals surface area contributed by atoms with Crippen LogP contribution in [0.5, 0.6) is 5.75 Å². The van der Waals surface area contributed by atoms with E-state index in [0.717, 1.165) is 34.1 Å². The molecule has 1 atom stereocenters. The van der Waals surface area contributed by atoms with Crippen LogP contribution in [0.25, 0.3) is 21.9 Å². The Hall–Kier alpha value is -3.28. The van der Waals surface area contributed by atoms with E-state index in [9.17, 15) is 4.79 Å². The third-order valence-electron chi connectivity index (χ3n) is 5.96. The quantitative estimate of drug-likeness (QED) is 0.525. The molecular weight excluding hydrogens is 376 g/mol. The summed E-state index contributed by atoms with van der Waals surface area (Å²) in [5.74, 6) is 0.772. The maximum Gasteiger partial charge on any atom is 0.251 e. The molecule has 4 aromatic rings. The largest absolute Gasteiger partial charge is 0.497 e. The summed E-state index contributed by atoms with van der Waals surface area (Å²) in [4.78, 5) is 17.3. The highest BCUT2D eigenvalue weighted by Gasteiger charge is 2.25. The molecule has 0 aliphatic heterocycles. The zero-order chi connectivity index (χ0) is 20.8. The molecule has 0 spiro atoms. The second-order valence-corrected chi connectivity index (χ2v) is 8.31. The highest BCUT2D eigenvalue weighted by Crippen LogP contribution is 2.37. The Balaban J connectivity index is 1.33. The van der Waals surface area contributed by atoms with Gasteiger partial charge < -0.3 is 19.2 Å². The molecule has 0 unspecified atom stereocenters. The van der Waals surface area contributed by atoms with E-state index in [4.69, 9.17) is 4.74 Å². The Labute approximate surface area is 175 Å². The van der Waals surface area contributed by atoms with Crippen molar-refractivity contribution in [1.29, 1.82) is 0 Å². The molecule has 2 heterocycles. The minimum atomic E-state index is -0.0665. The Morgan fingerprint density at radius 2 is 2.03 bits per heavy atom. The number of amides is 1. The lowest BCUT2D eigenvalue weighted by molar-refractivity contribution is 0.0940. The summed E-state index contributed by atoms with van der Waals surface area (Å²) in [5, 5.41) is 4.30. The number of hydrogen-bond donors (Lipinski definition) is 1. The molecule has 1 amide bonds. The predicted octanol–water partition coefficient (Wildman–Crippen LogP) is 4.23. The fourth-order valence-corrected chi connectivity index (χ4v) is 4.25. The summed E-state index contributed by atoms with van der Waals surface area (Å²) in [5.41, 5.74) is 4.98. The number of aromatic nitrogens is 3. The van der Waals surface area contributed by atoms with Crippen LogP contribution in [0, 0.1) is 0 Å². The van der Waals surface area contributed by atoms with Crippen LogP contribution >= 0.6 is 0 Å². The molecule has 2 aromatic carbocycles. The van der Waals surface area contributed by atoms with Crippen molar-refractivity contribution in [2.24, 2.45) is 7.05 Å². The Bertz CT molecular complexity index is 1250. The van der Waals surface area contributed by atoms with Gasteiger partial charge in [-0.25, -0.2) is 4.98 Å². The van der Waals surface area contributed by atoms with E-state index in [1.807, 2.05) is 44.6 Å². The fraction of sp³-hybridized carbons (Fsp3) is 0.333. The summed E-state index contributed by atoms with van der Waals surface area (Å²) in [6.45, 7) is 2.04. The number of fused-ring (bicyclic) bond motifs is 2. The van der Waals surface area contributed by atoms with Crippen molar-refractivity contribution in [3.05, 3.63) is 60.0 Å². The number of carbonyl (C=O) groups excluding carboxylic acids is 1. The van der Waals surface area contributed by atoms with Crippen molar-refractivity contribution in [2.75, 3.05) is 7.11 Å². The zero-order valence-electron chi connectivity index (χ0n) is 17.6. The first-order valence-corrected chi connectivity index (χ1v) is 10.4. The molecule has 0 radical (unpaired) electrons. The molecule has 0 bridgehead atoms. The second-order valence-electron chi connectivity index (χ2n) is 8.31. The van der Waals surface area contributed by atoms with E-state index in [1.54, 1.807) is 7.11 Å². The normalized spacial score (nSPS) is 14.9. The smallest absolute Gasteiger partial charge is 0.251 e. The van der Waals surface area contributed by atoms with Gasteiger partial charge in [0.2, 0.25) is 0 Å². The van der Waals surface area contributed by atoms with Gasteiger partial charge in [0.05, 0.1) is 24.5 Å². The van der Waals surface area contributed by atoms with Gasteiger partial charge in [-0.15, -0.1) is 0 Å². The highest BCUT2D eigenvalue weighted by molar-refractivity contribution is 5.97. The number of rotatable bonds is 6. The minimum absolute atomic E-state index is 0.00554. The molecule has 0 saturated heterocycles. The highest BCUT2D eigenvalue weighted by atomic mass is 16.5. The molecule has 1 N–H and O–H groups in total. The van der Waals surface area contributed by atoms with Crippen molar-refractivity contribution >= 4 is 27.8 Å². The van der Waals surface area contributed by atoms with E-state index in [-0.39, 0.29) is 11.9 Å². The summed E-state index contributed by atoms with van der Waals surface area (Å²) >= 11 is 0. The van der Waals surface area contributed by atoms with Gasteiger partial charge in [0, 0.05) is 41.8 Å². The van der Waals surface area contributed by atoms with E-state index in [0.29, 0.717) is 11.6 Å². The van der Waals surface area contributed by atoms with Crippen molar-refractivity contribution in [3.63, 3.8) is 0 Å². The molecule has 6 nitrogen and oxygen atoms in total. The number of hydrogen-bond acceptors (Lipinski definition) is 3. The number of nitrogens with zero attached hydrogens (tertiary/aromatic N) is 3. The van der Waals surface area contributed by atoms with Crippen molar-refractivity contribution in [2.45, 2.75) is 38.3 Å². The van der Waals surface area contributed by atoms with Crippen LogP contribution in [0.15, 0.2) is 48.9 Å². The average Bonchev–Trinajstić information content (AvgIpc) is 3.43. The Kier molecular flexibility index (Phi) is 4.50. The number of carbonyl (C=O) groups is 1. The lowest BCUT2D eigenvalue weighted by Gasteiger charge is -2.14. The maximum absolute atomic E-state index is 12.8. The molecule has 154 valence electrons. The van der Waals surface area contributed by atoms with Gasteiger partial charge >= 0.3 is 0 Å². The van der Waals surface area contributed by atoms with Crippen LogP contribution < -0.4 is 10.1 Å². The standard InChI is InChI=1S/C24H26N4O2/c1-15(10-17-13-27(2)22-9-7-19(30-3)12-20(17)22)26-24(29)16-4-8-23-21(11-16)25-14-28(23)18-5-6-18/h4,7-9,11-15,18H,5-6,10H2,1-3H3,(H,26,29)/t15-/m0/s1. The average molecular weight is 402 g/mol. The first-order valence-electron chi connectivity index (χ1n) is 10.4. The van der Waals surface area contributed by atoms with Crippen molar-refractivity contribution < 1.29 is 9.53 Å². The number of nitrogens with one attached hydrogen (secondary N) is 1. The van der Waals surface area contributed by atoms with Crippen molar-refractivity contribution in [3.8, 4) is 5.75 Å². The third kappa shape index (κ3) is 3.32. The van der Waals surface area contributed by atoms with Gasteiger partial charge in [-0.1, -0.05) is 0 Å². The van der Waals surface area contributed by atoms with Gasteiger partial charge in [-0.05, 0) is 68.1 Å². The molecule has 5 rings (SSSR count). The molecule has 1 aliphatic carbocycles. The van der Waals surface area contributed by atoms with E-state index < -0.39 is 0 Å². The predicted molar refractivity (Wildman–Crippen MR) is 118 cm³/mol. The second kappa shape index (κ2) is 7.20. The number of ether oxygens (including phenoxy) is 1. The molecular formula is C24H26N4O2. The summed E-state index contributed by atoms with van der Waals surface area (Å²) < 4.78 is 9.71. The summed E-state index contributed by atoms with van der Waals surface area (Å²) in [6.07, 6.45) is 7.19. The lowest BCUT2D eigenvalue weighted by Crippen LogP contribution is -2.34. The molecule has 1 aliphatic rings. The van der Waals surface area contributed by atoms with Gasteiger partial charge in [0.25, 0.3) is 5.91 Å². The van der Waals surface area contributed by atoms with Crippen LogP contribution in [0.1, 0.15) is 41.7 Å². The first kappa shape index (κ1) is 18.7. The van der Waals surface area contributed by atoms with Crippen molar-refractivity contribution in [1.82, 2.24) is 19.4 Å². The minimum Gasteiger partial charge on any atom is -0.497 e. The monoisotopic (exact) mass is 402 g/mol. The zero-order valence-corrected chi connectivity index (χ0v) is 17.6. The van der Waals surface area contributed by atoms with Crippen LogP contribution in [0.3, 0.4) is 0 Å². The maximum atomic E-state index is 12.8. The number of imidazole rings is 1. The topological polar surface area (TPSA) is 61.1 Å². The number of methoxy groups -OCH3 is 1. The molecule has 6 heteroatoms. The lowest BCUT2D eigenvalue weighted by atomic mass is 10.1. The Morgan fingerprint density at radius 3 is 2.80 bits per heavy atom. The van der Waals surface area contributed by atoms with Crippen LogP contribution in [0.2, 0.25) is 0 Å². The van der Waals surface area contributed by atoms with Gasteiger partial charge in [-0.3, -0.25) is 4.79 Å². The SMILES string of the molecule is COc1ccc2c(c1)c(C[C@H](C)NC(=O)c1ccc3c(c1)ncn3C1CC1)cn2C. The third-order valence-corrected chi connectivity index (χ3v) is 5.96. The van der Waals surface area contributed by atoms with E-state index in [2.05, 4.69) is 37.8 Å². The molecule has 30 heavy (non-hydrogen) atoms. The summed E-state index contributed by atoms with van der Waals surface area (Å²) in [6, 6.07) is 12.5. The van der Waals surface area contributed by atoms with E-state index in [1.165, 1.54) is 18.4 Å². The van der Waals surface area contributed by atoms with Gasteiger partial charge in [-0.2, -0.15) is 0 Å². The van der Waals surface area contributed by atoms with Gasteiger partial charge in [0.15, 0.2) is 0 Å². The van der Waals surface area contributed by atoms with Crippen LogP contribution in [-0.4, -0.2) is 33.2 Å². The van der Waals surface area contributed by atoms with Crippen LogP contribution in [0.4, 0.5) is 0 Å². The van der Waals surface area contributed by atoms with Gasteiger partial charge in [0.1, 0.15) is 5.75 Å². The fourth-order valence-electron chi connectivity index (χ4n) is 4.25. The number of aryl methyl sites for hydroxylation is 1. The number of benzene rings is 2. The molecule has 1 fully saturated rings.